The molecule has 9 heteroatoms. The Morgan fingerprint density at radius 2 is 1.54 bits per heavy atom. The number of hydrogen-bond acceptors (Lipinski definition) is 9. The number of para-hydroxylation sites is 1. The van der Waals surface area contributed by atoms with Crippen LogP contribution in [0.4, 0.5) is 0 Å². The molecule has 0 aliphatic carbocycles. The number of aryl methyl sites for hydroxylation is 1. The maximum absolute atomic E-state index is 13.8. The second-order valence-corrected chi connectivity index (χ2v) is 8.46. The van der Waals surface area contributed by atoms with Gasteiger partial charge in [-0.1, -0.05) is 48.0 Å². The molecule has 3 atom stereocenters. The number of ether oxygens (including phenoxy) is 4. The van der Waals surface area contributed by atoms with Crippen molar-refractivity contribution in [1.29, 1.82) is 0 Å². The van der Waals surface area contributed by atoms with Crippen LogP contribution in [0.3, 0.4) is 0 Å². The first kappa shape index (κ1) is 24.4. The van der Waals surface area contributed by atoms with Crippen LogP contribution in [0, 0.1) is 12.3 Å². The molecule has 4 rings (SSSR count). The standard InChI is InChI=1S/C26H27NO8/c1-5-33-23(30)26(24(31)34-6-2)19-17-9-7-8-10-18(17)35-22(29)25(19,21(28)32-4)20(27-26)16-13-11-15(3)12-14-16/h7-14,19-20,27H,5-6H2,1-4H3/t19-,20-,25+/m0/s1. The van der Waals surface area contributed by atoms with Gasteiger partial charge in [0.2, 0.25) is 5.54 Å². The lowest BCUT2D eigenvalue weighted by Crippen LogP contribution is -2.61. The summed E-state index contributed by atoms with van der Waals surface area (Å²) < 4.78 is 21.5. The highest BCUT2D eigenvalue weighted by Crippen LogP contribution is 2.62. The molecule has 0 unspecified atom stereocenters. The zero-order valence-electron chi connectivity index (χ0n) is 20.0. The SMILES string of the molecule is CCOC(=O)C1(C(=O)OCC)N[C@@H](c2ccc(C)cc2)[C@]2(C(=O)OC)C(=O)Oc3ccccc3[C@H]12. The number of hydrogen-bond donors (Lipinski definition) is 1. The van der Waals surface area contributed by atoms with E-state index in [0.717, 1.165) is 12.7 Å². The first-order valence-corrected chi connectivity index (χ1v) is 11.4. The Labute approximate surface area is 202 Å². The summed E-state index contributed by atoms with van der Waals surface area (Å²) >= 11 is 0. The van der Waals surface area contributed by atoms with Gasteiger partial charge >= 0.3 is 23.9 Å². The molecule has 35 heavy (non-hydrogen) atoms. The Kier molecular flexibility index (Phi) is 6.38. The molecule has 0 saturated carbocycles. The average Bonchev–Trinajstić information content (AvgIpc) is 3.19. The minimum absolute atomic E-state index is 0.0408. The maximum Gasteiger partial charge on any atom is 0.338 e. The van der Waals surface area contributed by atoms with Crippen LogP contribution in [-0.4, -0.2) is 49.7 Å². The highest BCUT2D eigenvalue weighted by Gasteiger charge is 2.79. The van der Waals surface area contributed by atoms with E-state index >= 15 is 0 Å². The lowest BCUT2D eigenvalue weighted by Gasteiger charge is -2.40. The summed E-state index contributed by atoms with van der Waals surface area (Å²) in [5.74, 6) is -5.06. The molecule has 2 aromatic carbocycles. The highest BCUT2D eigenvalue weighted by atomic mass is 16.6. The normalized spacial score (nSPS) is 23.9. The Bertz CT molecular complexity index is 1160. The van der Waals surface area contributed by atoms with E-state index in [9.17, 15) is 19.2 Å². The predicted octanol–water partition coefficient (Wildman–Crippen LogP) is 2.37. The molecule has 0 amide bonds. The van der Waals surface area contributed by atoms with Gasteiger partial charge in [0.1, 0.15) is 5.75 Å². The van der Waals surface area contributed by atoms with E-state index < -0.39 is 46.8 Å². The molecule has 1 saturated heterocycles. The summed E-state index contributed by atoms with van der Waals surface area (Å²) in [7, 11) is 1.14. The summed E-state index contributed by atoms with van der Waals surface area (Å²) in [6.07, 6.45) is 0. The van der Waals surface area contributed by atoms with Crippen molar-refractivity contribution in [2.75, 3.05) is 20.3 Å². The zero-order valence-corrected chi connectivity index (χ0v) is 20.0. The second kappa shape index (κ2) is 9.14. The van der Waals surface area contributed by atoms with Gasteiger partial charge in [0.15, 0.2) is 5.41 Å². The molecule has 2 heterocycles. The first-order chi connectivity index (χ1) is 16.8. The molecule has 9 nitrogen and oxygen atoms in total. The minimum atomic E-state index is -2.23. The van der Waals surface area contributed by atoms with Crippen LogP contribution in [-0.2, 0) is 33.4 Å². The van der Waals surface area contributed by atoms with Gasteiger partial charge in [-0.3, -0.25) is 14.9 Å². The van der Waals surface area contributed by atoms with Gasteiger partial charge in [0.25, 0.3) is 0 Å². The number of methoxy groups -OCH3 is 1. The van der Waals surface area contributed by atoms with E-state index in [-0.39, 0.29) is 19.0 Å². The van der Waals surface area contributed by atoms with E-state index in [2.05, 4.69) is 5.32 Å². The molecule has 2 aliphatic rings. The molecule has 2 aromatic rings. The predicted molar refractivity (Wildman–Crippen MR) is 122 cm³/mol. The van der Waals surface area contributed by atoms with Gasteiger partial charge in [0.05, 0.1) is 32.3 Å². The monoisotopic (exact) mass is 481 g/mol. The van der Waals surface area contributed by atoms with E-state index in [1.807, 2.05) is 6.92 Å². The number of esters is 4. The molecule has 0 aromatic heterocycles. The zero-order chi connectivity index (χ0) is 25.4. The van der Waals surface area contributed by atoms with Crippen molar-refractivity contribution in [2.45, 2.75) is 38.3 Å². The fraction of sp³-hybridized carbons (Fsp3) is 0.385. The Morgan fingerprint density at radius 3 is 2.11 bits per heavy atom. The number of fused-ring (bicyclic) bond motifs is 3. The van der Waals surface area contributed by atoms with E-state index in [0.29, 0.717) is 11.1 Å². The largest absolute Gasteiger partial charge is 0.468 e. The van der Waals surface area contributed by atoms with E-state index in [1.54, 1.807) is 56.3 Å². The fourth-order valence-corrected chi connectivity index (χ4v) is 5.16. The molecular formula is C26H27NO8. The summed E-state index contributed by atoms with van der Waals surface area (Å²) in [6.45, 7) is 5.00. The van der Waals surface area contributed by atoms with Crippen molar-refractivity contribution in [3.63, 3.8) is 0 Å². The molecule has 0 radical (unpaired) electrons. The number of rotatable bonds is 6. The number of carbonyl (C=O) groups is 4. The van der Waals surface area contributed by atoms with Gasteiger partial charge in [-0.25, -0.2) is 9.59 Å². The summed E-state index contributed by atoms with van der Waals surface area (Å²) in [5, 5.41) is 3.03. The summed E-state index contributed by atoms with van der Waals surface area (Å²) in [5.41, 5.74) is -2.63. The quantitative estimate of drug-likeness (QED) is 0.287. The van der Waals surface area contributed by atoms with Crippen molar-refractivity contribution < 1.29 is 38.1 Å². The van der Waals surface area contributed by atoms with Crippen molar-refractivity contribution in [3.05, 3.63) is 65.2 Å². The van der Waals surface area contributed by atoms with Crippen LogP contribution in [0.1, 0.15) is 42.5 Å². The van der Waals surface area contributed by atoms with Gasteiger partial charge in [-0.2, -0.15) is 0 Å². The molecule has 0 spiro atoms. The minimum Gasteiger partial charge on any atom is -0.468 e. The smallest absolute Gasteiger partial charge is 0.338 e. The Hall–Kier alpha value is -3.72. The van der Waals surface area contributed by atoms with Crippen LogP contribution in [0.2, 0.25) is 0 Å². The van der Waals surface area contributed by atoms with Crippen molar-refractivity contribution in [3.8, 4) is 5.75 Å². The van der Waals surface area contributed by atoms with Gasteiger partial charge in [0, 0.05) is 5.56 Å². The third kappa shape index (κ3) is 3.41. The third-order valence-electron chi connectivity index (χ3n) is 6.61. The van der Waals surface area contributed by atoms with Gasteiger partial charge in [-0.15, -0.1) is 0 Å². The topological polar surface area (TPSA) is 117 Å². The molecule has 184 valence electrons. The van der Waals surface area contributed by atoms with Crippen molar-refractivity contribution in [1.82, 2.24) is 5.32 Å². The number of carbonyl (C=O) groups excluding carboxylic acids is 4. The third-order valence-corrected chi connectivity index (χ3v) is 6.61. The summed E-state index contributed by atoms with van der Waals surface area (Å²) in [6, 6.07) is 12.3. The lowest BCUT2D eigenvalue weighted by molar-refractivity contribution is -0.172. The van der Waals surface area contributed by atoms with E-state index in [1.165, 1.54) is 6.07 Å². The molecule has 1 fully saturated rings. The molecule has 2 aliphatic heterocycles. The Morgan fingerprint density at radius 1 is 0.943 bits per heavy atom. The average molecular weight is 482 g/mol. The Balaban J connectivity index is 2.11. The van der Waals surface area contributed by atoms with Crippen LogP contribution in [0.15, 0.2) is 48.5 Å². The number of nitrogens with one attached hydrogen (secondary N) is 1. The van der Waals surface area contributed by atoms with Crippen molar-refractivity contribution in [2.24, 2.45) is 5.41 Å². The van der Waals surface area contributed by atoms with Crippen LogP contribution in [0.5, 0.6) is 5.75 Å². The fourth-order valence-electron chi connectivity index (χ4n) is 5.16. The second-order valence-electron chi connectivity index (χ2n) is 8.46. The summed E-state index contributed by atoms with van der Waals surface area (Å²) in [4.78, 5) is 54.7. The number of benzene rings is 2. The maximum atomic E-state index is 13.8. The first-order valence-electron chi connectivity index (χ1n) is 11.4. The van der Waals surface area contributed by atoms with Gasteiger partial charge < -0.3 is 18.9 Å². The molecule has 1 N–H and O–H groups in total. The van der Waals surface area contributed by atoms with Crippen molar-refractivity contribution >= 4 is 23.9 Å². The van der Waals surface area contributed by atoms with Gasteiger partial charge in [-0.05, 0) is 32.4 Å². The van der Waals surface area contributed by atoms with Crippen LogP contribution < -0.4 is 10.1 Å². The highest BCUT2D eigenvalue weighted by molar-refractivity contribution is 6.14. The van der Waals surface area contributed by atoms with Crippen LogP contribution in [0.25, 0.3) is 0 Å². The van der Waals surface area contributed by atoms with Crippen LogP contribution >= 0.6 is 0 Å². The van der Waals surface area contributed by atoms with E-state index in [4.69, 9.17) is 18.9 Å². The lowest BCUT2D eigenvalue weighted by atomic mass is 9.62. The molecule has 0 bridgehead atoms. The molecular weight excluding hydrogens is 454 g/mol.